The first-order valence-electron chi connectivity index (χ1n) is 19.2. The van der Waals surface area contributed by atoms with E-state index in [4.69, 9.17) is 51.8 Å². The summed E-state index contributed by atoms with van der Waals surface area (Å²) in [5, 5.41) is 44.6. The fraction of sp³-hybridized carbons (Fsp3) is 0.415. The van der Waals surface area contributed by atoms with E-state index in [9.17, 15) is 24.0 Å². The molecule has 60 heavy (non-hydrogen) atoms. The number of carboxylic acid groups (broad SMARTS) is 2. The van der Waals surface area contributed by atoms with Gasteiger partial charge in [-0.25, -0.2) is 0 Å². The van der Waals surface area contributed by atoms with Crippen LogP contribution in [0.4, 0.5) is 10.7 Å². The molecule has 1 aliphatic heterocycles. The van der Waals surface area contributed by atoms with Gasteiger partial charge in [0, 0.05) is 52.5 Å². The van der Waals surface area contributed by atoms with Gasteiger partial charge in [0.1, 0.15) is 41.1 Å². The minimum Gasteiger partial charge on any atom is -0.491 e. The van der Waals surface area contributed by atoms with Crippen LogP contribution >= 0.6 is 22.9 Å². The molecule has 0 spiro atoms. The quantitative estimate of drug-likeness (QED) is 0.0371. The first-order valence-corrected chi connectivity index (χ1v) is 20.4. The molecule has 19 heteroatoms. The number of thiophene rings is 1. The molecule has 0 aliphatic carbocycles. The van der Waals surface area contributed by atoms with E-state index in [1.54, 1.807) is 48.2 Å². The molecular weight excluding hydrogens is 818 g/mol. The Bertz CT molecular complexity index is 2060. The van der Waals surface area contributed by atoms with Crippen molar-refractivity contribution >= 4 is 80.7 Å². The molecule has 0 radical (unpaired) electrons. The zero-order chi connectivity index (χ0) is 43.8. The summed E-state index contributed by atoms with van der Waals surface area (Å²) in [6.45, 7) is 6.84. The van der Waals surface area contributed by atoms with Gasteiger partial charge in [0.05, 0.1) is 38.6 Å². The Balaban J connectivity index is 1.18. The van der Waals surface area contributed by atoms with E-state index in [1.807, 2.05) is 26.0 Å². The minimum atomic E-state index is -1.12. The monoisotopic (exact) mass is 867 g/mol. The number of hydrogen-bond acceptors (Lipinski definition) is 12. The van der Waals surface area contributed by atoms with Crippen LogP contribution in [0.25, 0.3) is 0 Å². The van der Waals surface area contributed by atoms with Crippen molar-refractivity contribution in [2.75, 3.05) is 49.8 Å². The molecule has 2 atom stereocenters. The number of aliphatic carboxylic acids is 2. The van der Waals surface area contributed by atoms with Crippen molar-refractivity contribution in [2.45, 2.75) is 71.4 Å². The average molecular weight is 868 g/mol. The molecule has 0 saturated heterocycles. The fourth-order valence-electron chi connectivity index (χ4n) is 6.02. The number of aryl methyl sites for hydroxylation is 1. The number of carboxylic acids is 2. The van der Waals surface area contributed by atoms with Crippen LogP contribution in [0.5, 0.6) is 5.75 Å². The number of ether oxygens (including phenoxy) is 3. The van der Waals surface area contributed by atoms with Crippen molar-refractivity contribution in [3.05, 3.63) is 75.1 Å². The van der Waals surface area contributed by atoms with Crippen LogP contribution < -0.4 is 25.6 Å². The van der Waals surface area contributed by atoms with Crippen LogP contribution in [-0.2, 0) is 33.4 Å². The van der Waals surface area contributed by atoms with Gasteiger partial charge in [-0.3, -0.25) is 44.7 Å². The molecule has 1 aliphatic rings. The predicted molar refractivity (Wildman–Crippen MR) is 228 cm³/mol. The van der Waals surface area contributed by atoms with Gasteiger partial charge in [-0.1, -0.05) is 23.7 Å². The van der Waals surface area contributed by atoms with Crippen molar-refractivity contribution in [1.82, 2.24) is 10.6 Å². The zero-order valence-electron chi connectivity index (χ0n) is 33.6. The van der Waals surface area contributed by atoms with Crippen LogP contribution in [0.15, 0.2) is 53.5 Å². The van der Waals surface area contributed by atoms with Crippen LogP contribution in [0.3, 0.4) is 0 Å². The molecule has 1 aromatic heterocycles. The van der Waals surface area contributed by atoms with Gasteiger partial charge in [0.25, 0.3) is 0 Å². The third kappa shape index (κ3) is 14.2. The van der Waals surface area contributed by atoms with E-state index in [0.717, 1.165) is 21.6 Å². The highest BCUT2D eigenvalue weighted by molar-refractivity contribution is 7.17. The van der Waals surface area contributed by atoms with E-state index >= 15 is 0 Å². The van der Waals surface area contributed by atoms with Crippen LogP contribution in [0.2, 0.25) is 5.02 Å². The molecule has 4 rings (SSSR count). The second-order valence-electron chi connectivity index (χ2n) is 13.7. The second kappa shape index (κ2) is 23.2. The molecular formula is C41H50ClN7O10S. The Morgan fingerprint density at radius 2 is 1.55 bits per heavy atom. The maximum absolute atomic E-state index is 13.4. The number of nitrogens with one attached hydrogen (secondary N) is 5. The highest BCUT2D eigenvalue weighted by Crippen LogP contribution is 2.40. The van der Waals surface area contributed by atoms with Crippen molar-refractivity contribution in [3.8, 4) is 5.75 Å². The number of fused-ring (bicyclic) bond motifs is 1. The highest BCUT2D eigenvalue weighted by Gasteiger charge is 2.35. The van der Waals surface area contributed by atoms with Gasteiger partial charge >= 0.3 is 11.9 Å². The zero-order valence-corrected chi connectivity index (χ0v) is 35.2. The summed E-state index contributed by atoms with van der Waals surface area (Å²) in [6.07, 6.45) is -0.797. The van der Waals surface area contributed by atoms with Gasteiger partial charge in [-0.05, 0) is 75.6 Å². The Hall–Kier alpha value is -5.69. The fourth-order valence-corrected chi connectivity index (χ4v) is 7.37. The summed E-state index contributed by atoms with van der Waals surface area (Å²) in [5.41, 5.74) is 3.77. The SMILES string of the molecule is CC(=N)N1C(=N)[C@H](CC(=O)Nc2ccc(OCCOCCOCCNC(=O)[C@@H](CCC(=O)O)NC(=O)CCCC(=O)O)cc2)N=C(c2ccc(Cl)cc2)c2c1sc(C)c2C. The summed E-state index contributed by atoms with van der Waals surface area (Å²) >= 11 is 7.67. The van der Waals surface area contributed by atoms with Gasteiger partial charge in [-0.2, -0.15) is 0 Å². The summed E-state index contributed by atoms with van der Waals surface area (Å²) in [6, 6.07) is 12.1. The van der Waals surface area contributed by atoms with Crippen molar-refractivity contribution in [1.29, 1.82) is 10.8 Å². The van der Waals surface area contributed by atoms with E-state index in [2.05, 4.69) is 16.0 Å². The number of hydrogen-bond donors (Lipinski definition) is 7. The molecule has 17 nitrogen and oxygen atoms in total. The van der Waals surface area contributed by atoms with Crippen molar-refractivity contribution in [2.24, 2.45) is 4.99 Å². The van der Waals surface area contributed by atoms with Crippen LogP contribution in [0, 0.1) is 24.7 Å². The smallest absolute Gasteiger partial charge is 0.303 e. The lowest BCUT2D eigenvalue weighted by atomic mass is 9.99. The molecule has 2 aromatic carbocycles. The first-order chi connectivity index (χ1) is 28.6. The number of halogens is 1. The number of amides is 3. The maximum Gasteiger partial charge on any atom is 0.303 e. The maximum atomic E-state index is 13.4. The number of carbonyl (C=O) groups excluding carboxylic acids is 3. The number of carbonyl (C=O) groups is 5. The number of anilines is 2. The van der Waals surface area contributed by atoms with Gasteiger partial charge in [0.2, 0.25) is 17.7 Å². The molecule has 0 unspecified atom stereocenters. The summed E-state index contributed by atoms with van der Waals surface area (Å²) in [4.78, 5) is 67.2. The molecule has 0 bridgehead atoms. The predicted octanol–water partition coefficient (Wildman–Crippen LogP) is 5.18. The molecule has 0 fully saturated rings. The molecule has 2 heterocycles. The van der Waals surface area contributed by atoms with Gasteiger partial charge in [-0.15, -0.1) is 11.3 Å². The third-order valence-corrected chi connectivity index (χ3v) is 10.6. The molecule has 3 amide bonds. The van der Waals surface area contributed by atoms with Crippen LogP contribution in [0.1, 0.15) is 67.0 Å². The van der Waals surface area contributed by atoms with Gasteiger partial charge < -0.3 is 40.4 Å². The lowest BCUT2D eigenvalue weighted by Gasteiger charge is -2.24. The number of aliphatic imine (C=N–C) groups is 1. The van der Waals surface area contributed by atoms with E-state index < -0.39 is 35.8 Å². The highest BCUT2D eigenvalue weighted by atomic mass is 35.5. The number of amidine groups is 2. The largest absolute Gasteiger partial charge is 0.491 e. The average Bonchev–Trinajstić information content (AvgIpc) is 3.41. The Kier molecular flexibility index (Phi) is 18.2. The molecule has 0 saturated carbocycles. The first kappa shape index (κ1) is 47.0. The summed E-state index contributed by atoms with van der Waals surface area (Å²) in [7, 11) is 0. The van der Waals surface area contributed by atoms with Crippen LogP contribution in [-0.4, -0.2) is 109 Å². The van der Waals surface area contributed by atoms with E-state index in [-0.39, 0.29) is 95.7 Å². The Morgan fingerprint density at radius 3 is 2.20 bits per heavy atom. The topological polar surface area (TPSA) is 253 Å². The molecule has 7 N–H and O–H groups in total. The summed E-state index contributed by atoms with van der Waals surface area (Å²) in [5.74, 6) is -2.90. The second-order valence-corrected chi connectivity index (χ2v) is 15.4. The normalized spacial score (nSPS) is 14.0. The number of rotatable bonds is 23. The lowest BCUT2D eigenvalue weighted by Crippen LogP contribution is -2.47. The molecule has 322 valence electrons. The third-order valence-electron chi connectivity index (χ3n) is 9.13. The standard InChI is InChI=1S/C41H50ClN7O10S/c1-24-25(2)60-41-37(24)38(27-7-9-28(42)10-8-27)48-32(39(44)49(41)26(3)43)23-34(51)46-29-11-13-30(14-12-29)59-22-21-58-20-19-57-18-17-45-40(56)31(15-16-36(54)55)47-33(50)5-4-6-35(52)53/h7-14,31-32,43-44H,4-6,15-23H2,1-3H3,(H,45,56)(H,46,51)(H,47,50)(H,52,53)(H,54,55)/t31-,32+/m1/s1. The van der Waals surface area contributed by atoms with Crippen molar-refractivity contribution < 1.29 is 48.4 Å². The summed E-state index contributed by atoms with van der Waals surface area (Å²) < 4.78 is 16.7. The molecule has 3 aromatic rings. The van der Waals surface area contributed by atoms with Gasteiger partial charge in [0.15, 0.2) is 0 Å². The Labute approximate surface area is 356 Å². The van der Waals surface area contributed by atoms with Crippen molar-refractivity contribution in [3.63, 3.8) is 0 Å². The van der Waals surface area contributed by atoms with E-state index in [1.165, 1.54) is 11.3 Å². The van der Waals surface area contributed by atoms with E-state index in [0.29, 0.717) is 27.2 Å². The number of nitrogens with zero attached hydrogens (tertiary/aromatic N) is 2. The Morgan fingerprint density at radius 1 is 0.900 bits per heavy atom. The minimum absolute atomic E-state index is 0.0305. The lowest BCUT2D eigenvalue weighted by molar-refractivity contribution is -0.139. The number of benzene rings is 2.